The van der Waals surface area contributed by atoms with E-state index in [-0.39, 0.29) is 5.56 Å². The minimum Gasteiger partial charge on any atom is -0.457 e. The third-order valence-electron chi connectivity index (χ3n) is 3.98. The molecule has 6 heteroatoms. The number of nitrogens with zero attached hydrogens (tertiary/aromatic N) is 1. The molecule has 0 bridgehead atoms. The van der Waals surface area contributed by atoms with Gasteiger partial charge in [-0.05, 0) is 29.8 Å². The molecule has 1 atom stereocenters. The van der Waals surface area contributed by atoms with Gasteiger partial charge in [-0.15, -0.1) is 0 Å². The minimum atomic E-state index is -4.33. The topological polar surface area (TPSA) is 24.5 Å². The lowest BCUT2D eigenvalue weighted by atomic mass is 10.0. The summed E-state index contributed by atoms with van der Waals surface area (Å²) < 4.78 is 46.6. The van der Waals surface area contributed by atoms with Crippen molar-refractivity contribution in [1.29, 1.82) is 0 Å². The first-order chi connectivity index (χ1) is 11.5. The molecule has 0 spiro atoms. The van der Waals surface area contributed by atoms with Crippen LogP contribution in [-0.2, 0) is 0 Å². The second kappa shape index (κ2) is 7.23. The maximum absolute atomic E-state index is 13.6. The second-order valence-corrected chi connectivity index (χ2v) is 5.72. The zero-order valence-corrected chi connectivity index (χ0v) is 13.1. The monoisotopic (exact) mass is 336 g/mol. The predicted molar refractivity (Wildman–Crippen MR) is 86.2 cm³/mol. The quantitative estimate of drug-likeness (QED) is 0.914. The lowest BCUT2D eigenvalue weighted by Crippen LogP contribution is -2.49. The van der Waals surface area contributed by atoms with Crippen LogP contribution in [0.15, 0.2) is 54.6 Å². The summed E-state index contributed by atoms with van der Waals surface area (Å²) in [5.41, 5.74) is 0.206. The molecule has 3 rings (SSSR count). The van der Waals surface area contributed by atoms with E-state index in [1.165, 1.54) is 17.0 Å². The van der Waals surface area contributed by atoms with E-state index in [1.54, 1.807) is 24.3 Å². The molecule has 1 aliphatic heterocycles. The molecule has 0 aromatic heterocycles. The van der Waals surface area contributed by atoms with E-state index >= 15 is 0 Å². The maximum Gasteiger partial charge on any atom is 0.408 e. The fourth-order valence-electron chi connectivity index (χ4n) is 2.92. The number of nitrogens with one attached hydrogen (secondary N) is 1. The SMILES string of the molecule is FC(F)(F)[C@@H](c1cccc(Oc2ccccc2)c1)N1CCNCC1. The highest BCUT2D eigenvalue weighted by atomic mass is 19.4. The standard InChI is InChI=1S/C18H19F3N2O/c19-18(20,21)17(23-11-9-22-10-12-23)14-5-4-8-16(13-14)24-15-6-2-1-3-7-15/h1-8,13,17,22H,9-12H2/t17-/m1/s1. The highest BCUT2D eigenvalue weighted by Crippen LogP contribution is 2.39. The van der Waals surface area contributed by atoms with E-state index in [0.29, 0.717) is 37.7 Å². The molecule has 1 saturated heterocycles. The molecule has 24 heavy (non-hydrogen) atoms. The van der Waals surface area contributed by atoms with Gasteiger partial charge in [0.1, 0.15) is 17.5 Å². The van der Waals surface area contributed by atoms with Gasteiger partial charge in [0.25, 0.3) is 0 Å². The van der Waals surface area contributed by atoms with E-state index in [9.17, 15) is 13.2 Å². The molecule has 0 radical (unpaired) electrons. The van der Waals surface area contributed by atoms with Gasteiger partial charge in [-0.1, -0.05) is 30.3 Å². The van der Waals surface area contributed by atoms with Gasteiger partial charge in [0.2, 0.25) is 0 Å². The summed E-state index contributed by atoms with van der Waals surface area (Å²) in [5.74, 6) is 1.00. The normalized spacial score (nSPS) is 17.5. The van der Waals surface area contributed by atoms with Crippen molar-refractivity contribution < 1.29 is 17.9 Å². The summed E-state index contributed by atoms with van der Waals surface area (Å²) >= 11 is 0. The number of piperazine rings is 1. The van der Waals surface area contributed by atoms with Gasteiger partial charge in [0.15, 0.2) is 0 Å². The molecule has 3 nitrogen and oxygen atoms in total. The lowest BCUT2D eigenvalue weighted by molar-refractivity contribution is -0.187. The van der Waals surface area contributed by atoms with Crippen molar-refractivity contribution in [2.45, 2.75) is 12.2 Å². The number of para-hydroxylation sites is 1. The van der Waals surface area contributed by atoms with E-state index < -0.39 is 12.2 Å². The fraction of sp³-hybridized carbons (Fsp3) is 0.333. The number of hydrogen-bond donors (Lipinski definition) is 1. The fourth-order valence-corrected chi connectivity index (χ4v) is 2.92. The van der Waals surface area contributed by atoms with Crippen molar-refractivity contribution in [1.82, 2.24) is 10.2 Å². The van der Waals surface area contributed by atoms with Crippen LogP contribution in [0.25, 0.3) is 0 Å². The molecule has 0 saturated carbocycles. The smallest absolute Gasteiger partial charge is 0.408 e. The van der Waals surface area contributed by atoms with Gasteiger partial charge in [0, 0.05) is 26.2 Å². The van der Waals surface area contributed by atoms with Crippen LogP contribution in [0.5, 0.6) is 11.5 Å². The molecular weight excluding hydrogens is 317 g/mol. The van der Waals surface area contributed by atoms with Gasteiger partial charge in [0.05, 0.1) is 0 Å². The third-order valence-corrected chi connectivity index (χ3v) is 3.98. The Morgan fingerprint density at radius 1 is 0.917 bits per heavy atom. The van der Waals surface area contributed by atoms with Gasteiger partial charge >= 0.3 is 6.18 Å². The van der Waals surface area contributed by atoms with Crippen LogP contribution in [0.3, 0.4) is 0 Å². The van der Waals surface area contributed by atoms with E-state index in [0.717, 1.165) is 0 Å². The van der Waals surface area contributed by atoms with Crippen molar-refractivity contribution in [2.24, 2.45) is 0 Å². The van der Waals surface area contributed by atoms with Gasteiger partial charge in [-0.2, -0.15) is 13.2 Å². The van der Waals surface area contributed by atoms with Crippen LogP contribution in [0, 0.1) is 0 Å². The number of ether oxygens (including phenoxy) is 1. The highest BCUT2D eigenvalue weighted by Gasteiger charge is 2.44. The summed E-state index contributed by atoms with van der Waals surface area (Å²) in [6, 6.07) is 13.7. The number of halogens is 3. The first-order valence-corrected chi connectivity index (χ1v) is 7.88. The van der Waals surface area contributed by atoms with E-state index in [1.807, 2.05) is 18.2 Å². The third kappa shape index (κ3) is 4.07. The summed E-state index contributed by atoms with van der Waals surface area (Å²) in [6.07, 6.45) is -4.33. The Bertz CT molecular complexity index is 655. The second-order valence-electron chi connectivity index (χ2n) is 5.72. The number of rotatable bonds is 4. The largest absolute Gasteiger partial charge is 0.457 e. The molecule has 1 heterocycles. The first kappa shape index (κ1) is 16.8. The molecule has 1 fully saturated rings. The van der Waals surface area contributed by atoms with Crippen molar-refractivity contribution in [3.05, 3.63) is 60.2 Å². The molecule has 1 aliphatic rings. The Kier molecular flexibility index (Phi) is 5.06. The Morgan fingerprint density at radius 3 is 2.25 bits per heavy atom. The Balaban J connectivity index is 1.86. The zero-order valence-electron chi connectivity index (χ0n) is 13.1. The molecule has 1 N–H and O–H groups in total. The van der Waals surface area contributed by atoms with Crippen LogP contribution in [0.1, 0.15) is 11.6 Å². The molecule has 2 aromatic carbocycles. The Hall–Kier alpha value is -2.05. The van der Waals surface area contributed by atoms with Gasteiger partial charge in [-0.25, -0.2) is 0 Å². The van der Waals surface area contributed by atoms with Gasteiger partial charge < -0.3 is 10.1 Å². The highest BCUT2D eigenvalue weighted by molar-refractivity contribution is 5.35. The molecule has 0 aliphatic carbocycles. The molecule has 0 amide bonds. The van der Waals surface area contributed by atoms with Gasteiger partial charge in [-0.3, -0.25) is 4.90 Å². The summed E-state index contributed by atoms with van der Waals surface area (Å²) in [6.45, 7) is 1.86. The molecule has 0 unspecified atom stereocenters. The molecular formula is C18H19F3N2O. The Labute approximate surface area is 139 Å². The van der Waals surface area contributed by atoms with Crippen molar-refractivity contribution in [3.8, 4) is 11.5 Å². The zero-order chi connectivity index (χ0) is 17.0. The maximum atomic E-state index is 13.6. The van der Waals surface area contributed by atoms with E-state index in [2.05, 4.69) is 5.32 Å². The number of hydrogen-bond acceptors (Lipinski definition) is 3. The molecule has 128 valence electrons. The predicted octanol–water partition coefficient (Wildman–Crippen LogP) is 3.99. The average molecular weight is 336 g/mol. The van der Waals surface area contributed by atoms with Crippen molar-refractivity contribution in [2.75, 3.05) is 26.2 Å². The average Bonchev–Trinajstić information content (AvgIpc) is 2.56. The summed E-state index contributed by atoms with van der Waals surface area (Å²) in [7, 11) is 0. The number of benzene rings is 2. The van der Waals surface area contributed by atoms with Crippen molar-refractivity contribution in [3.63, 3.8) is 0 Å². The van der Waals surface area contributed by atoms with E-state index in [4.69, 9.17) is 4.74 Å². The summed E-state index contributed by atoms with van der Waals surface area (Å²) in [5, 5.41) is 3.08. The van der Waals surface area contributed by atoms with Crippen LogP contribution in [0.2, 0.25) is 0 Å². The van der Waals surface area contributed by atoms with Crippen LogP contribution < -0.4 is 10.1 Å². The minimum absolute atomic E-state index is 0.206. The first-order valence-electron chi connectivity index (χ1n) is 7.88. The lowest BCUT2D eigenvalue weighted by Gasteiger charge is -2.36. The van der Waals surface area contributed by atoms with Crippen LogP contribution in [0.4, 0.5) is 13.2 Å². The Morgan fingerprint density at radius 2 is 1.58 bits per heavy atom. The summed E-state index contributed by atoms with van der Waals surface area (Å²) in [4.78, 5) is 1.47. The van der Waals surface area contributed by atoms with Crippen LogP contribution >= 0.6 is 0 Å². The molecule has 2 aromatic rings. The number of alkyl halides is 3. The van der Waals surface area contributed by atoms with Crippen LogP contribution in [-0.4, -0.2) is 37.3 Å². The van der Waals surface area contributed by atoms with Crippen molar-refractivity contribution >= 4 is 0 Å².